The van der Waals surface area contributed by atoms with Crippen LogP contribution in [0.5, 0.6) is 0 Å². The first-order valence-corrected chi connectivity index (χ1v) is 9.72. The molecule has 3 saturated heterocycles. The first-order valence-electron chi connectivity index (χ1n) is 9.34. The number of benzene rings is 1. The van der Waals surface area contributed by atoms with Gasteiger partial charge in [0.05, 0.1) is 10.5 Å². The largest absolute Gasteiger partial charge is 0.363 e. The maximum absolute atomic E-state index is 6.60. The summed E-state index contributed by atoms with van der Waals surface area (Å²) in [5.41, 5.74) is 2.35. The normalized spacial score (nSPS) is 24.5. The Bertz CT molecular complexity index is 780. The molecule has 0 radical (unpaired) electrons. The van der Waals surface area contributed by atoms with Gasteiger partial charge in [0.2, 0.25) is 0 Å². The fourth-order valence-corrected chi connectivity index (χ4v) is 4.87. The average Bonchev–Trinajstić information content (AvgIpc) is 2.90. The SMILES string of the molecule is Cl.Cl.Clc1cc2cc(N3C4CCC3CNC4)ccc2nc1N1CCNCC1. The molecule has 0 amide bonds. The number of fused-ring (bicyclic) bond motifs is 3. The number of piperazine rings is 2. The second kappa shape index (κ2) is 8.58. The van der Waals surface area contributed by atoms with Crippen LogP contribution in [0.25, 0.3) is 10.9 Å². The summed E-state index contributed by atoms with van der Waals surface area (Å²) in [7, 11) is 0. The van der Waals surface area contributed by atoms with Crippen LogP contribution in [0.4, 0.5) is 11.5 Å². The van der Waals surface area contributed by atoms with Crippen LogP contribution in [0.15, 0.2) is 24.3 Å². The first-order chi connectivity index (χ1) is 12.3. The average molecular weight is 431 g/mol. The number of halogens is 3. The lowest BCUT2D eigenvalue weighted by Gasteiger charge is -2.37. The second-order valence-electron chi connectivity index (χ2n) is 7.36. The van der Waals surface area contributed by atoms with Crippen LogP contribution in [0.1, 0.15) is 12.8 Å². The van der Waals surface area contributed by atoms with Crippen molar-refractivity contribution >= 4 is 58.8 Å². The van der Waals surface area contributed by atoms with Gasteiger partial charge in [-0.3, -0.25) is 0 Å². The topological polar surface area (TPSA) is 43.4 Å². The summed E-state index contributed by atoms with van der Waals surface area (Å²) in [5, 5.41) is 8.82. The van der Waals surface area contributed by atoms with Gasteiger partial charge in [0.25, 0.3) is 0 Å². The third kappa shape index (κ3) is 3.81. The van der Waals surface area contributed by atoms with E-state index < -0.39 is 0 Å². The number of hydrogen-bond acceptors (Lipinski definition) is 5. The van der Waals surface area contributed by atoms with Gasteiger partial charge in [-0.2, -0.15) is 0 Å². The minimum atomic E-state index is 0. The molecule has 5 rings (SSSR count). The number of pyridine rings is 1. The molecule has 1 aromatic carbocycles. The number of rotatable bonds is 2. The number of aromatic nitrogens is 1. The molecule has 0 saturated carbocycles. The highest BCUT2D eigenvalue weighted by Crippen LogP contribution is 2.35. The maximum atomic E-state index is 6.60. The summed E-state index contributed by atoms with van der Waals surface area (Å²) in [6, 6.07) is 10.0. The number of hydrogen-bond donors (Lipinski definition) is 2. The van der Waals surface area contributed by atoms with E-state index in [0.717, 1.165) is 61.0 Å². The molecule has 3 aliphatic rings. The molecule has 3 fully saturated rings. The van der Waals surface area contributed by atoms with E-state index in [1.165, 1.54) is 18.5 Å². The molecule has 2 atom stereocenters. The van der Waals surface area contributed by atoms with Gasteiger partial charge in [0.15, 0.2) is 0 Å². The molecular weight excluding hydrogens is 405 g/mol. The van der Waals surface area contributed by atoms with Crippen molar-refractivity contribution in [1.29, 1.82) is 0 Å². The van der Waals surface area contributed by atoms with Crippen molar-refractivity contribution in [3.8, 4) is 0 Å². The second-order valence-corrected chi connectivity index (χ2v) is 7.77. The van der Waals surface area contributed by atoms with Gasteiger partial charge in [-0.15, -0.1) is 24.8 Å². The lowest BCUT2D eigenvalue weighted by molar-refractivity contribution is 0.485. The van der Waals surface area contributed by atoms with Crippen molar-refractivity contribution in [3.05, 3.63) is 29.3 Å². The van der Waals surface area contributed by atoms with Gasteiger partial charge in [-0.25, -0.2) is 4.98 Å². The molecule has 148 valence electrons. The number of anilines is 2. The van der Waals surface area contributed by atoms with E-state index >= 15 is 0 Å². The van der Waals surface area contributed by atoms with Crippen LogP contribution in [0.2, 0.25) is 5.02 Å². The van der Waals surface area contributed by atoms with Crippen LogP contribution in [0.3, 0.4) is 0 Å². The summed E-state index contributed by atoms with van der Waals surface area (Å²) in [6.45, 7) is 6.08. The highest BCUT2D eigenvalue weighted by atomic mass is 35.5. The molecule has 27 heavy (non-hydrogen) atoms. The van der Waals surface area contributed by atoms with Crippen LogP contribution in [0, 0.1) is 0 Å². The molecule has 2 bridgehead atoms. The number of nitrogens with zero attached hydrogens (tertiary/aromatic N) is 3. The lowest BCUT2D eigenvalue weighted by atomic mass is 10.1. The molecule has 0 spiro atoms. The Morgan fingerprint density at radius 2 is 1.67 bits per heavy atom. The fraction of sp³-hybridized carbons (Fsp3) is 0.526. The third-order valence-electron chi connectivity index (χ3n) is 5.83. The quantitative estimate of drug-likeness (QED) is 0.766. The standard InChI is InChI=1S/C19H24ClN5.2ClH/c20-17-10-13-9-14(25-15-1-2-16(25)12-22-11-15)3-4-18(13)23-19(17)24-7-5-21-6-8-24;;/h3-4,9-10,15-16,21-22H,1-2,5-8,11-12H2;2*1H. The molecule has 5 nitrogen and oxygen atoms in total. The van der Waals surface area contributed by atoms with Gasteiger partial charge in [-0.05, 0) is 37.1 Å². The molecule has 4 heterocycles. The zero-order chi connectivity index (χ0) is 16.8. The predicted molar refractivity (Wildman–Crippen MR) is 118 cm³/mol. The maximum Gasteiger partial charge on any atom is 0.148 e. The Morgan fingerprint density at radius 3 is 2.37 bits per heavy atom. The Labute approximate surface area is 177 Å². The van der Waals surface area contributed by atoms with E-state index in [0.29, 0.717) is 12.1 Å². The van der Waals surface area contributed by atoms with E-state index in [9.17, 15) is 0 Å². The summed E-state index contributed by atoms with van der Waals surface area (Å²) >= 11 is 6.60. The van der Waals surface area contributed by atoms with Crippen molar-refractivity contribution in [1.82, 2.24) is 15.6 Å². The lowest BCUT2D eigenvalue weighted by Crippen LogP contribution is -2.51. The molecule has 0 aliphatic carbocycles. The van der Waals surface area contributed by atoms with Gasteiger partial charge in [0, 0.05) is 62.4 Å². The Morgan fingerprint density at radius 1 is 0.963 bits per heavy atom. The predicted octanol–water partition coefficient (Wildman–Crippen LogP) is 3.08. The zero-order valence-electron chi connectivity index (χ0n) is 15.2. The molecule has 2 N–H and O–H groups in total. The van der Waals surface area contributed by atoms with Crippen molar-refractivity contribution < 1.29 is 0 Å². The molecule has 3 aliphatic heterocycles. The minimum Gasteiger partial charge on any atom is -0.363 e. The van der Waals surface area contributed by atoms with E-state index in [1.807, 2.05) is 0 Å². The molecule has 2 aromatic rings. The van der Waals surface area contributed by atoms with Gasteiger partial charge < -0.3 is 20.4 Å². The third-order valence-corrected chi connectivity index (χ3v) is 6.11. The van der Waals surface area contributed by atoms with Crippen LogP contribution >= 0.6 is 36.4 Å². The highest BCUT2D eigenvalue weighted by Gasteiger charge is 2.36. The monoisotopic (exact) mass is 429 g/mol. The van der Waals surface area contributed by atoms with Crippen LogP contribution < -0.4 is 20.4 Å². The van der Waals surface area contributed by atoms with Crippen molar-refractivity contribution in [3.63, 3.8) is 0 Å². The smallest absolute Gasteiger partial charge is 0.148 e. The Kier molecular flexibility index (Phi) is 6.59. The highest BCUT2D eigenvalue weighted by molar-refractivity contribution is 6.33. The molecule has 1 aromatic heterocycles. The van der Waals surface area contributed by atoms with Crippen molar-refractivity contribution in [2.75, 3.05) is 49.1 Å². The molecule has 2 unspecified atom stereocenters. The summed E-state index contributed by atoms with van der Waals surface area (Å²) < 4.78 is 0. The Balaban J connectivity index is 0.00000105. The van der Waals surface area contributed by atoms with E-state index in [4.69, 9.17) is 16.6 Å². The van der Waals surface area contributed by atoms with Crippen molar-refractivity contribution in [2.24, 2.45) is 0 Å². The number of nitrogens with one attached hydrogen (secondary N) is 2. The molecule has 8 heteroatoms. The van der Waals surface area contributed by atoms with Crippen molar-refractivity contribution in [2.45, 2.75) is 24.9 Å². The summed E-state index contributed by atoms with van der Waals surface area (Å²) in [6.07, 6.45) is 2.58. The Hall–Kier alpha value is -0.980. The summed E-state index contributed by atoms with van der Waals surface area (Å²) in [5.74, 6) is 0.922. The fourth-order valence-electron chi connectivity index (χ4n) is 4.59. The summed E-state index contributed by atoms with van der Waals surface area (Å²) in [4.78, 5) is 9.76. The van der Waals surface area contributed by atoms with Crippen LogP contribution in [-0.4, -0.2) is 56.3 Å². The van der Waals surface area contributed by atoms with Gasteiger partial charge in [0.1, 0.15) is 5.82 Å². The van der Waals surface area contributed by atoms with E-state index in [2.05, 4.69) is 44.7 Å². The minimum absolute atomic E-state index is 0. The van der Waals surface area contributed by atoms with Gasteiger partial charge in [-0.1, -0.05) is 11.6 Å². The first kappa shape index (κ1) is 20.7. The zero-order valence-corrected chi connectivity index (χ0v) is 17.5. The molecular formula is C19H26Cl3N5. The van der Waals surface area contributed by atoms with Gasteiger partial charge >= 0.3 is 0 Å². The van der Waals surface area contributed by atoms with E-state index in [1.54, 1.807) is 0 Å². The van der Waals surface area contributed by atoms with E-state index in [-0.39, 0.29) is 24.8 Å². The van der Waals surface area contributed by atoms with Crippen LogP contribution in [-0.2, 0) is 0 Å².